The molecule has 0 aromatic carbocycles. The Morgan fingerprint density at radius 2 is 2.25 bits per heavy atom. The lowest BCUT2D eigenvalue weighted by Crippen LogP contribution is -1.87. The fourth-order valence-electron chi connectivity index (χ4n) is 1.30. The zero-order valence-electron chi connectivity index (χ0n) is 7.17. The highest BCUT2D eigenvalue weighted by molar-refractivity contribution is 8.08. The van der Waals surface area contributed by atoms with Crippen molar-refractivity contribution in [1.29, 1.82) is 0 Å². The van der Waals surface area contributed by atoms with Crippen LogP contribution in [0.5, 0.6) is 0 Å². The molecule has 0 bridgehead atoms. The summed E-state index contributed by atoms with van der Waals surface area (Å²) in [5, 5.41) is 0. The SMILES string of the molecule is Cc1ccc(C2=CCCCS2)s1. The molecule has 0 nitrogen and oxygen atoms in total. The van der Waals surface area contributed by atoms with Gasteiger partial charge < -0.3 is 0 Å². The monoisotopic (exact) mass is 196 g/mol. The van der Waals surface area contributed by atoms with Gasteiger partial charge in [-0.25, -0.2) is 0 Å². The van der Waals surface area contributed by atoms with E-state index in [1.807, 2.05) is 23.1 Å². The maximum absolute atomic E-state index is 2.37. The van der Waals surface area contributed by atoms with E-state index in [0.29, 0.717) is 0 Å². The molecule has 0 atom stereocenters. The highest BCUT2D eigenvalue weighted by Crippen LogP contribution is 2.36. The molecule has 1 aromatic rings. The average molecular weight is 196 g/mol. The molecule has 0 saturated heterocycles. The van der Waals surface area contributed by atoms with E-state index in [4.69, 9.17) is 0 Å². The van der Waals surface area contributed by atoms with Gasteiger partial charge in [-0.3, -0.25) is 0 Å². The van der Waals surface area contributed by atoms with E-state index >= 15 is 0 Å². The number of rotatable bonds is 1. The maximum atomic E-state index is 2.37. The second-order valence-electron chi connectivity index (χ2n) is 2.97. The second kappa shape index (κ2) is 3.67. The molecule has 2 heteroatoms. The summed E-state index contributed by atoms with van der Waals surface area (Å²) in [7, 11) is 0. The maximum Gasteiger partial charge on any atom is 0.0405 e. The van der Waals surface area contributed by atoms with Gasteiger partial charge in [0.2, 0.25) is 0 Å². The van der Waals surface area contributed by atoms with Crippen molar-refractivity contribution in [3.05, 3.63) is 28.0 Å². The van der Waals surface area contributed by atoms with E-state index in [1.165, 1.54) is 33.3 Å². The van der Waals surface area contributed by atoms with Crippen LogP contribution in [-0.4, -0.2) is 5.75 Å². The van der Waals surface area contributed by atoms with Gasteiger partial charge in [0, 0.05) is 14.7 Å². The topological polar surface area (TPSA) is 0 Å². The summed E-state index contributed by atoms with van der Waals surface area (Å²) >= 11 is 3.91. The van der Waals surface area contributed by atoms with Gasteiger partial charge in [0.25, 0.3) is 0 Å². The number of allylic oxidation sites excluding steroid dienone is 1. The summed E-state index contributed by atoms with van der Waals surface area (Å²) in [6.07, 6.45) is 4.98. The second-order valence-corrected chi connectivity index (χ2v) is 5.39. The smallest absolute Gasteiger partial charge is 0.0405 e. The van der Waals surface area contributed by atoms with Crippen LogP contribution in [0.3, 0.4) is 0 Å². The first-order valence-corrected chi connectivity index (χ1v) is 6.06. The molecule has 2 heterocycles. The largest absolute Gasteiger partial charge is 0.140 e. The molecule has 1 aliphatic heterocycles. The third-order valence-corrected chi connectivity index (χ3v) is 4.27. The van der Waals surface area contributed by atoms with Crippen molar-refractivity contribution < 1.29 is 0 Å². The van der Waals surface area contributed by atoms with Crippen molar-refractivity contribution in [3.8, 4) is 0 Å². The first-order chi connectivity index (χ1) is 5.86. The summed E-state index contributed by atoms with van der Waals surface area (Å²) in [6, 6.07) is 4.44. The van der Waals surface area contributed by atoms with E-state index in [1.54, 1.807) is 0 Å². The van der Waals surface area contributed by atoms with Crippen molar-refractivity contribution in [2.24, 2.45) is 0 Å². The zero-order valence-corrected chi connectivity index (χ0v) is 8.80. The van der Waals surface area contributed by atoms with Gasteiger partial charge in [0.05, 0.1) is 0 Å². The Hall–Kier alpha value is -0.210. The minimum absolute atomic E-state index is 1.26. The molecule has 0 fully saturated rings. The summed E-state index contributed by atoms with van der Waals surface area (Å²) < 4.78 is 0. The lowest BCUT2D eigenvalue weighted by Gasteiger charge is -2.09. The Kier molecular flexibility index (Phi) is 2.57. The molecule has 2 rings (SSSR count). The molecule has 0 saturated carbocycles. The lowest BCUT2D eigenvalue weighted by atomic mass is 10.3. The molecule has 1 aromatic heterocycles. The van der Waals surface area contributed by atoms with Crippen molar-refractivity contribution in [1.82, 2.24) is 0 Å². The third-order valence-electron chi connectivity index (χ3n) is 1.92. The van der Waals surface area contributed by atoms with Crippen LogP contribution in [0.1, 0.15) is 22.6 Å². The average Bonchev–Trinajstić information content (AvgIpc) is 2.54. The fourth-order valence-corrected chi connectivity index (χ4v) is 3.38. The first kappa shape index (κ1) is 8.39. The highest BCUT2D eigenvalue weighted by Gasteiger charge is 2.07. The Labute approximate surface area is 81.7 Å². The number of thioether (sulfide) groups is 1. The standard InChI is InChI=1S/C10H12S2/c1-8-5-6-10(12-8)9-4-2-3-7-11-9/h4-6H,2-3,7H2,1H3. The van der Waals surface area contributed by atoms with Crippen LogP contribution in [-0.2, 0) is 0 Å². The van der Waals surface area contributed by atoms with Crippen molar-refractivity contribution >= 4 is 28.0 Å². The molecule has 1 aliphatic rings. The highest BCUT2D eigenvalue weighted by atomic mass is 32.2. The molecular formula is C10H12S2. The van der Waals surface area contributed by atoms with Gasteiger partial charge in [0.15, 0.2) is 0 Å². The predicted octanol–water partition coefficient (Wildman–Crippen LogP) is 3.92. The molecule has 64 valence electrons. The van der Waals surface area contributed by atoms with Crippen LogP contribution in [0.25, 0.3) is 4.91 Å². The van der Waals surface area contributed by atoms with E-state index < -0.39 is 0 Å². The molecule has 0 amide bonds. The van der Waals surface area contributed by atoms with Crippen LogP contribution in [0.2, 0.25) is 0 Å². The van der Waals surface area contributed by atoms with Crippen LogP contribution in [0.4, 0.5) is 0 Å². The normalized spacial score (nSPS) is 17.6. The number of thiophene rings is 1. The van der Waals surface area contributed by atoms with Gasteiger partial charge in [-0.1, -0.05) is 6.08 Å². The minimum Gasteiger partial charge on any atom is -0.140 e. The molecule has 0 unspecified atom stereocenters. The summed E-state index contributed by atoms with van der Waals surface area (Å²) in [5.74, 6) is 1.29. The number of hydrogen-bond donors (Lipinski definition) is 0. The van der Waals surface area contributed by atoms with E-state index in [2.05, 4.69) is 25.1 Å². The predicted molar refractivity (Wildman–Crippen MR) is 58.7 cm³/mol. The number of hydrogen-bond acceptors (Lipinski definition) is 2. The Morgan fingerprint density at radius 3 is 2.83 bits per heavy atom. The zero-order chi connectivity index (χ0) is 8.39. The quantitative estimate of drug-likeness (QED) is 0.656. The van der Waals surface area contributed by atoms with E-state index in [-0.39, 0.29) is 0 Å². The van der Waals surface area contributed by atoms with Crippen LogP contribution in [0.15, 0.2) is 18.2 Å². The van der Waals surface area contributed by atoms with Crippen molar-refractivity contribution in [2.45, 2.75) is 19.8 Å². The van der Waals surface area contributed by atoms with Crippen molar-refractivity contribution in [3.63, 3.8) is 0 Å². The Morgan fingerprint density at radius 1 is 1.33 bits per heavy atom. The molecule has 12 heavy (non-hydrogen) atoms. The minimum atomic E-state index is 1.26. The van der Waals surface area contributed by atoms with Gasteiger partial charge in [-0.2, -0.15) is 0 Å². The first-order valence-electron chi connectivity index (χ1n) is 4.26. The van der Waals surface area contributed by atoms with E-state index in [9.17, 15) is 0 Å². The van der Waals surface area contributed by atoms with Gasteiger partial charge >= 0.3 is 0 Å². The Balaban J connectivity index is 2.23. The molecule has 0 radical (unpaired) electrons. The summed E-state index contributed by atoms with van der Waals surface area (Å²) in [5.41, 5.74) is 0. The lowest BCUT2D eigenvalue weighted by molar-refractivity contribution is 0.969. The van der Waals surface area contributed by atoms with Gasteiger partial charge in [0.1, 0.15) is 0 Å². The van der Waals surface area contributed by atoms with Crippen LogP contribution < -0.4 is 0 Å². The summed E-state index contributed by atoms with van der Waals surface area (Å²) in [4.78, 5) is 4.37. The van der Waals surface area contributed by atoms with Crippen LogP contribution in [0, 0.1) is 6.92 Å². The fraction of sp³-hybridized carbons (Fsp3) is 0.400. The Bertz CT molecular complexity index is 297. The van der Waals surface area contributed by atoms with Crippen molar-refractivity contribution in [2.75, 3.05) is 5.75 Å². The van der Waals surface area contributed by atoms with E-state index in [0.717, 1.165) is 0 Å². The third kappa shape index (κ3) is 1.75. The summed E-state index contributed by atoms with van der Waals surface area (Å²) in [6.45, 7) is 2.17. The van der Waals surface area contributed by atoms with Gasteiger partial charge in [-0.15, -0.1) is 23.1 Å². The molecule has 0 aliphatic carbocycles. The molecular weight excluding hydrogens is 184 g/mol. The molecule has 0 spiro atoms. The van der Waals surface area contributed by atoms with Crippen LogP contribution >= 0.6 is 23.1 Å². The molecule has 0 N–H and O–H groups in total. The van der Waals surface area contributed by atoms with Gasteiger partial charge in [-0.05, 0) is 37.7 Å². The number of aryl methyl sites for hydroxylation is 1.